The van der Waals surface area contributed by atoms with Crippen LogP contribution < -0.4 is 5.32 Å². The van der Waals surface area contributed by atoms with Gasteiger partial charge in [-0.3, -0.25) is 9.78 Å². The van der Waals surface area contributed by atoms with Gasteiger partial charge in [0.1, 0.15) is 0 Å². The number of hydrogen-bond donors (Lipinski definition) is 1. The van der Waals surface area contributed by atoms with E-state index in [0.717, 1.165) is 22.6 Å². The van der Waals surface area contributed by atoms with Gasteiger partial charge in [-0.1, -0.05) is 0 Å². The minimum absolute atomic E-state index is 0.256. The number of nitrogens with zero attached hydrogens (tertiary/aromatic N) is 5. The lowest BCUT2D eigenvalue weighted by Gasteiger charge is -2.01. The van der Waals surface area contributed by atoms with Gasteiger partial charge in [-0.05, 0) is 25.1 Å². The normalized spacial score (nSPS) is 11.0. The second-order valence-corrected chi connectivity index (χ2v) is 6.14. The van der Waals surface area contributed by atoms with Crippen molar-refractivity contribution in [1.82, 2.24) is 29.9 Å². The minimum Gasteiger partial charge on any atom is -0.436 e. The van der Waals surface area contributed by atoms with Crippen LogP contribution in [0.15, 0.2) is 47.3 Å². The molecule has 0 aliphatic rings. The van der Waals surface area contributed by atoms with Gasteiger partial charge in [-0.2, -0.15) is 5.10 Å². The predicted molar refractivity (Wildman–Crippen MR) is 98.2 cm³/mol. The number of carbonyl (C=O) groups is 1. The highest BCUT2D eigenvalue weighted by molar-refractivity contribution is 5.92. The number of fused-ring (bicyclic) bond motifs is 1. The Morgan fingerprint density at radius 2 is 2.00 bits per heavy atom. The Morgan fingerprint density at radius 1 is 1.19 bits per heavy atom. The molecule has 136 valence electrons. The first kappa shape index (κ1) is 16.9. The number of pyridine rings is 1. The Hall–Kier alpha value is -3.55. The molecule has 1 amide bonds. The van der Waals surface area contributed by atoms with E-state index in [4.69, 9.17) is 4.42 Å². The summed E-state index contributed by atoms with van der Waals surface area (Å²) in [4.78, 5) is 24.9. The number of aryl methyl sites for hydroxylation is 2. The third-order valence-electron chi connectivity index (χ3n) is 4.13. The van der Waals surface area contributed by atoms with Gasteiger partial charge < -0.3 is 9.73 Å². The molecule has 0 fully saturated rings. The first-order chi connectivity index (χ1) is 13.1. The summed E-state index contributed by atoms with van der Waals surface area (Å²) in [5, 5.41) is 7.33. The van der Waals surface area contributed by atoms with E-state index < -0.39 is 0 Å². The maximum absolute atomic E-state index is 12.2. The predicted octanol–water partition coefficient (Wildman–Crippen LogP) is 2.37. The SMILES string of the molecule is Cc1nc(C)c(C(=O)NCCc2cc3nc(-c4ccncc4)ccn3n2)o1. The van der Waals surface area contributed by atoms with Gasteiger partial charge in [-0.25, -0.2) is 14.5 Å². The van der Waals surface area contributed by atoms with Crippen LogP contribution in [-0.4, -0.2) is 37.0 Å². The van der Waals surface area contributed by atoms with Crippen molar-refractivity contribution in [2.24, 2.45) is 0 Å². The zero-order chi connectivity index (χ0) is 18.8. The molecule has 4 heterocycles. The molecule has 0 aliphatic heterocycles. The van der Waals surface area contributed by atoms with Crippen LogP contribution in [0.2, 0.25) is 0 Å². The molecule has 0 atom stereocenters. The molecule has 27 heavy (non-hydrogen) atoms. The molecular weight excluding hydrogens is 344 g/mol. The van der Waals surface area contributed by atoms with E-state index in [1.807, 2.05) is 30.5 Å². The van der Waals surface area contributed by atoms with Crippen molar-refractivity contribution in [2.75, 3.05) is 6.54 Å². The number of amides is 1. The Balaban J connectivity index is 1.43. The fourth-order valence-corrected chi connectivity index (χ4v) is 2.86. The summed E-state index contributed by atoms with van der Waals surface area (Å²) >= 11 is 0. The van der Waals surface area contributed by atoms with E-state index in [0.29, 0.717) is 24.6 Å². The van der Waals surface area contributed by atoms with Crippen LogP contribution in [-0.2, 0) is 6.42 Å². The standard InChI is InChI=1S/C19H18N6O2/c1-12-18(27-13(2)22-12)19(26)21-9-5-15-11-17-23-16(6-10-25(17)24-15)14-3-7-20-8-4-14/h3-4,6-8,10-11H,5,9H2,1-2H3,(H,21,26). The minimum atomic E-state index is -0.269. The summed E-state index contributed by atoms with van der Waals surface area (Å²) in [5.41, 5.74) is 4.05. The molecule has 0 saturated carbocycles. The summed E-state index contributed by atoms with van der Waals surface area (Å²) in [6.45, 7) is 3.91. The molecule has 8 heteroatoms. The number of nitrogens with one attached hydrogen (secondary N) is 1. The molecule has 0 unspecified atom stereocenters. The molecule has 0 radical (unpaired) electrons. The van der Waals surface area contributed by atoms with Crippen LogP contribution in [0.3, 0.4) is 0 Å². The molecule has 4 aromatic heterocycles. The third kappa shape index (κ3) is 3.55. The van der Waals surface area contributed by atoms with Crippen molar-refractivity contribution < 1.29 is 9.21 Å². The summed E-state index contributed by atoms with van der Waals surface area (Å²) in [7, 11) is 0. The van der Waals surface area contributed by atoms with E-state index in [-0.39, 0.29) is 11.7 Å². The number of aromatic nitrogens is 5. The van der Waals surface area contributed by atoms with Gasteiger partial charge in [-0.15, -0.1) is 0 Å². The quantitative estimate of drug-likeness (QED) is 0.585. The second-order valence-electron chi connectivity index (χ2n) is 6.14. The van der Waals surface area contributed by atoms with Gasteiger partial charge in [0.25, 0.3) is 5.91 Å². The Bertz CT molecular complexity index is 1100. The van der Waals surface area contributed by atoms with Crippen molar-refractivity contribution in [2.45, 2.75) is 20.3 Å². The third-order valence-corrected chi connectivity index (χ3v) is 4.13. The molecular formula is C19H18N6O2. The van der Waals surface area contributed by atoms with Crippen molar-refractivity contribution >= 4 is 11.6 Å². The maximum atomic E-state index is 12.2. The first-order valence-electron chi connectivity index (χ1n) is 8.58. The Morgan fingerprint density at radius 3 is 2.74 bits per heavy atom. The van der Waals surface area contributed by atoms with Crippen molar-refractivity contribution in [3.05, 3.63) is 65.9 Å². The van der Waals surface area contributed by atoms with E-state index >= 15 is 0 Å². The van der Waals surface area contributed by atoms with E-state index in [9.17, 15) is 4.79 Å². The zero-order valence-electron chi connectivity index (χ0n) is 15.0. The van der Waals surface area contributed by atoms with E-state index in [1.165, 1.54) is 0 Å². The highest BCUT2D eigenvalue weighted by atomic mass is 16.4. The summed E-state index contributed by atoms with van der Waals surface area (Å²) in [6, 6.07) is 7.66. The second kappa shape index (κ2) is 6.99. The molecule has 4 rings (SSSR count). The number of carbonyl (C=O) groups excluding carboxylic acids is 1. The van der Waals surface area contributed by atoms with Gasteiger partial charge in [0, 0.05) is 50.1 Å². The summed E-state index contributed by atoms with van der Waals surface area (Å²) in [5.74, 6) is 0.468. The molecule has 0 aromatic carbocycles. The van der Waals surface area contributed by atoms with Crippen molar-refractivity contribution in [3.63, 3.8) is 0 Å². The lowest BCUT2D eigenvalue weighted by Crippen LogP contribution is -2.26. The molecule has 0 bridgehead atoms. The van der Waals surface area contributed by atoms with Crippen LogP contribution in [0.5, 0.6) is 0 Å². The van der Waals surface area contributed by atoms with Gasteiger partial charge in [0.2, 0.25) is 5.76 Å². The zero-order valence-corrected chi connectivity index (χ0v) is 15.0. The largest absolute Gasteiger partial charge is 0.436 e. The average molecular weight is 362 g/mol. The molecule has 0 aliphatic carbocycles. The van der Waals surface area contributed by atoms with Crippen LogP contribution in [0.1, 0.15) is 27.8 Å². The average Bonchev–Trinajstić information content (AvgIpc) is 3.23. The summed E-state index contributed by atoms with van der Waals surface area (Å²) in [6.07, 6.45) is 5.94. The molecule has 0 spiro atoms. The number of hydrogen-bond acceptors (Lipinski definition) is 6. The number of rotatable bonds is 5. The van der Waals surface area contributed by atoms with Crippen molar-refractivity contribution in [3.8, 4) is 11.3 Å². The fourth-order valence-electron chi connectivity index (χ4n) is 2.86. The van der Waals surface area contributed by atoms with E-state index in [1.54, 1.807) is 30.8 Å². The van der Waals surface area contributed by atoms with Gasteiger partial charge >= 0.3 is 0 Å². The van der Waals surface area contributed by atoms with Crippen LogP contribution in [0, 0.1) is 13.8 Å². The Kier molecular flexibility index (Phi) is 4.37. The number of oxazole rings is 1. The van der Waals surface area contributed by atoms with Gasteiger partial charge in [0.05, 0.1) is 17.1 Å². The van der Waals surface area contributed by atoms with Gasteiger partial charge in [0.15, 0.2) is 11.5 Å². The lowest BCUT2D eigenvalue weighted by molar-refractivity contribution is 0.0924. The molecule has 1 N–H and O–H groups in total. The Labute approximate surface area is 155 Å². The molecule has 0 saturated heterocycles. The van der Waals surface area contributed by atoms with E-state index in [2.05, 4.69) is 25.4 Å². The fraction of sp³-hybridized carbons (Fsp3) is 0.211. The monoisotopic (exact) mass is 362 g/mol. The van der Waals surface area contributed by atoms with Crippen LogP contribution in [0.25, 0.3) is 16.9 Å². The maximum Gasteiger partial charge on any atom is 0.289 e. The molecule has 4 aromatic rings. The van der Waals surface area contributed by atoms with Crippen LogP contribution in [0.4, 0.5) is 0 Å². The van der Waals surface area contributed by atoms with Crippen LogP contribution >= 0.6 is 0 Å². The highest BCUT2D eigenvalue weighted by Gasteiger charge is 2.15. The lowest BCUT2D eigenvalue weighted by atomic mass is 10.2. The highest BCUT2D eigenvalue weighted by Crippen LogP contribution is 2.17. The topological polar surface area (TPSA) is 98.2 Å². The smallest absolute Gasteiger partial charge is 0.289 e. The first-order valence-corrected chi connectivity index (χ1v) is 8.58. The molecule has 8 nitrogen and oxygen atoms in total. The van der Waals surface area contributed by atoms with Crippen molar-refractivity contribution in [1.29, 1.82) is 0 Å². The summed E-state index contributed by atoms with van der Waals surface area (Å²) < 4.78 is 7.05.